The molecule has 0 saturated heterocycles. The summed E-state index contributed by atoms with van der Waals surface area (Å²) in [6.45, 7) is 6.17. The number of anilines is 2. The van der Waals surface area contributed by atoms with Crippen LogP contribution in [0.4, 0.5) is 11.5 Å². The maximum atomic E-state index is 6.08. The first-order valence-electron chi connectivity index (χ1n) is 6.06. The molecule has 1 heterocycles. The van der Waals surface area contributed by atoms with Crippen LogP contribution >= 0.6 is 27.5 Å². The zero-order valence-electron chi connectivity index (χ0n) is 11.1. The van der Waals surface area contributed by atoms with Crippen LogP contribution < -0.4 is 5.32 Å². The topological polar surface area (TPSA) is 37.8 Å². The molecule has 1 N–H and O–H groups in total. The van der Waals surface area contributed by atoms with Crippen molar-refractivity contribution in [3.63, 3.8) is 0 Å². The molecule has 0 aliphatic rings. The van der Waals surface area contributed by atoms with Gasteiger partial charge in [0, 0.05) is 15.7 Å². The van der Waals surface area contributed by atoms with Gasteiger partial charge in [0.2, 0.25) is 0 Å². The van der Waals surface area contributed by atoms with Gasteiger partial charge in [-0.2, -0.15) is 0 Å². The molecule has 0 spiro atoms. The highest BCUT2D eigenvalue weighted by molar-refractivity contribution is 9.10. The summed E-state index contributed by atoms with van der Waals surface area (Å²) < 4.78 is 1.13. The SMILES string of the molecule is CCc1c(Cl)ncnc1Nc1cc(C)c(Br)c(C)c1. The van der Waals surface area contributed by atoms with E-state index in [2.05, 4.69) is 57.2 Å². The molecule has 19 heavy (non-hydrogen) atoms. The fraction of sp³-hybridized carbons (Fsp3) is 0.286. The fourth-order valence-electron chi connectivity index (χ4n) is 1.97. The molecule has 0 radical (unpaired) electrons. The van der Waals surface area contributed by atoms with Crippen molar-refractivity contribution in [3.05, 3.63) is 44.8 Å². The number of hydrogen-bond acceptors (Lipinski definition) is 3. The molecular weight excluding hydrogens is 326 g/mol. The number of aryl methyl sites for hydroxylation is 2. The van der Waals surface area contributed by atoms with Crippen molar-refractivity contribution in [2.75, 3.05) is 5.32 Å². The van der Waals surface area contributed by atoms with Crippen molar-refractivity contribution in [2.24, 2.45) is 0 Å². The molecule has 0 amide bonds. The van der Waals surface area contributed by atoms with Crippen molar-refractivity contribution in [2.45, 2.75) is 27.2 Å². The minimum atomic E-state index is 0.505. The molecular formula is C14H15BrClN3. The Labute approximate surface area is 126 Å². The highest BCUT2D eigenvalue weighted by Crippen LogP contribution is 2.28. The number of hydrogen-bond donors (Lipinski definition) is 1. The average Bonchev–Trinajstić information content (AvgIpc) is 2.36. The summed E-state index contributed by atoms with van der Waals surface area (Å²) in [7, 11) is 0. The van der Waals surface area contributed by atoms with Crippen molar-refractivity contribution in [1.29, 1.82) is 0 Å². The van der Waals surface area contributed by atoms with Gasteiger partial charge in [-0.1, -0.05) is 34.5 Å². The monoisotopic (exact) mass is 339 g/mol. The van der Waals surface area contributed by atoms with E-state index in [-0.39, 0.29) is 0 Å². The number of benzene rings is 1. The summed E-state index contributed by atoms with van der Waals surface area (Å²) in [5, 5.41) is 3.82. The summed E-state index contributed by atoms with van der Waals surface area (Å²) in [6.07, 6.45) is 2.26. The van der Waals surface area contributed by atoms with Crippen LogP contribution in [0.5, 0.6) is 0 Å². The number of nitrogens with zero attached hydrogens (tertiary/aromatic N) is 2. The maximum absolute atomic E-state index is 6.08. The van der Waals surface area contributed by atoms with Gasteiger partial charge < -0.3 is 5.32 Å². The van der Waals surface area contributed by atoms with Gasteiger partial charge in [0.1, 0.15) is 17.3 Å². The number of nitrogens with one attached hydrogen (secondary N) is 1. The lowest BCUT2D eigenvalue weighted by Gasteiger charge is -2.13. The smallest absolute Gasteiger partial charge is 0.138 e. The molecule has 0 saturated carbocycles. The third kappa shape index (κ3) is 3.07. The summed E-state index contributed by atoms with van der Waals surface area (Å²) >= 11 is 9.65. The van der Waals surface area contributed by atoms with Crippen molar-refractivity contribution < 1.29 is 0 Å². The second-order valence-electron chi connectivity index (χ2n) is 4.39. The predicted molar refractivity (Wildman–Crippen MR) is 83.3 cm³/mol. The van der Waals surface area contributed by atoms with Crippen molar-refractivity contribution in [3.8, 4) is 0 Å². The fourth-order valence-corrected chi connectivity index (χ4v) is 2.46. The van der Waals surface area contributed by atoms with Crippen LogP contribution in [0.15, 0.2) is 22.9 Å². The Bertz CT molecular complexity index is 591. The van der Waals surface area contributed by atoms with Crippen LogP contribution in [-0.4, -0.2) is 9.97 Å². The third-order valence-corrected chi connectivity index (χ3v) is 4.52. The molecule has 2 rings (SSSR count). The molecule has 0 atom stereocenters. The lowest BCUT2D eigenvalue weighted by Crippen LogP contribution is -2.01. The van der Waals surface area contributed by atoms with Crippen molar-refractivity contribution >= 4 is 39.0 Å². The Morgan fingerprint density at radius 3 is 2.42 bits per heavy atom. The van der Waals surface area contributed by atoms with E-state index in [0.717, 1.165) is 28.0 Å². The van der Waals surface area contributed by atoms with Gasteiger partial charge in [-0.25, -0.2) is 9.97 Å². The quantitative estimate of drug-likeness (QED) is 0.814. The molecule has 0 fully saturated rings. The maximum Gasteiger partial charge on any atom is 0.138 e. The average molecular weight is 341 g/mol. The molecule has 0 unspecified atom stereocenters. The molecule has 1 aromatic heterocycles. The lowest BCUT2D eigenvalue weighted by molar-refractivity contribution is 1.05. The number of aromatic nitrogens is 2. The second-order valence-corrected chi connectivity index (χ2v) is 5.55. The van der Waals surface area contributed by atoms with E-state index >= 15 is 0 Å². The van der Waals surface area contributed by atoms with Gasteiger partial charge in [-0.3, -0.25) is 0 Å². The van der Waals surface area contributed by atoms with Gasteiger partial charge in [-0.15, -0.1) is 0 Å². The van der Waals surface area contributed by atoms with E-state index in [1.54, 1.807) is 0 Å². The second kappa shape index (κ2) is 5.88. The summed E-state index contributed by atoms with van der Waals surface area (Å²) in [5.41, 5.74) is 4.30. The van der Waals surface area contributed by atoms with Crippen LogP contribution in [0.2, 0.25) is 5.15 Å². The van der Waals surface area contributed by atoms with Gasteiger partial charge in [0.05, 0.1) is 0 Å². The zero-order valence-corrected chi connectivity index (χ0v) is 13.4. The standard InChI is InChI=1S/C14H15BrClN3/c1-4-11-13(16)17-7-18-14(11)19-10-5-8(2)12(15)9(3)6-10/h5-7H,4H2,1-3H3,(H,17,18,19). The third-order valence-electron chi connectivity index (χ3n) is 2.95. The van der Waals surface area contributed by atoms with E-state index in [1.807, 2.05) is 6.92 Å². The molecule has 100 valence electrons. The number of halogens is 2. The minimum absolute atomic E-state index is 0.505. The van der Waals surface area contributed by atoms with Crippen LogP contribution in [0.1, 0.15) is 23.6 Å². The number of rotatable bonds is 3. The largest absolute Gasteiger partial charge is 0.340 e. The van der Waals surface area contributed by atoms with E-state index in [9.17, 15) is 0 Å². The van der Waals surface area contributed by atoms with E-state index in [1.165, 1.54) is 17.5 Å². The van der Waals surface area contributed by atoms with Crippen LogP contribution in [-0.2, 0) is 6.42 Å². The molecule has 0 aliphatic carbocycles. The molecule has 2 aromatic rings. The molecule has 0 aliphatic heterocycles. The van der Waals surface area contributed by atoms with Crippen LogP contribution in [0.3, 0.4) is 0 Å². The van der Waals surface area contributed by atoms with Gasteiger partial charge in [-0.05, 0) is 43.5 Å². The van der Waals surface area contributed by atoms with E-state index < -0.39 is 0 Å². The van der Waals surface area contributed by atoms with Gasteiger partial charge in [0.15, 0.2) is 0 Å². The van der Waals surface area contributed by atoms with Gasteiger partial charge >= 0.3 is 0 Å². The lowest BCUT2D eigenvalue weighted by atomic mass is 10.1. The van der Waals surface area contributed by atoms with Gasteiger partial charge in [0.25, 0.3) is 0 Å². The highest BCUT2D eigenvalue weighted by atomic mass is 79.9. The Balaban J connectivity index is 2.39. The molecule has 0 bridgehead atoms. The van der Waals surface area contributed by atoms with E-state index in [4.69, 9.17) is 11.6 Å². The highest BCUT2D eigenvalue weighted by Gasteiger charge is 2.09. The Hall–Kier alpha value is -1.13. The molecule has 5 heteroatoms. The van der Waals surface area contributed by atoms with Crippen LogP contribution in [0, 0.1) is 13.8 Å². The first kappa shape index (κ1) is 14.3. The zero-order chi connectivity index (χ0) is 14.0. The summed E-state index contributed by atoms with van der Waals surface area (Å²) in [6, 6.07) is 4.15. The Morgan fingerprint density at radius 2 is 1.84 bits per heavy atom. The predicted octanol–water partition coefficient (Wildman–Crippen LogP) is 4.82. The van der Waals surface area contributed by atoms with E-state index in [0.29, 0.717) is 5.15 Å². The van der Waals surface area contributed by atoms with Crippen LogP contribution in [0.25, 0.3) is 0 Å². The minimum Gasteiger partial charge on any atom is -0.340 e. The van der Waals surface area contributed by atoms with Crippen molar-refractivity contribution in [1.82, 2.24) is 9.97 Å². The first-order chi connectivity index (χ1) is 9.02. The summed E-state index contributed by atoms with van der Waals surface area (Å²) in [5.74, 6) is 0.767. The first-order valence-corrected chi connectivity index (χ1v) is 7.23. The summed E-state index contributed by atoms with van der Waals surface area (Å²) in [4.78, 5) is 8.28. The Morgan fingerprint density at radius 1 is 1.21 bits per heavy atom. The molecule has 3 nitrogen and oxygen atoms in total. The molecule has 1 aromatic carbocycles. The normalized spacial score (nSPS) is 10.6. The Kier molecular flexibility index (Phi) is 4.42.